The number of hydrogen-bond donors (Lipinski definition) is 0. The van der Waals surface area contributed by atoms with Crippen LogP contribution in [-0.4, -0.2) is 77.1 Å². The Morgan fingerprint density at radius 2 is 2.05 bits per heavy atom. The summed E-state index contributed by atoms with van der Waals surface area (Å²) >= 11 is 0. The van der Waals surface area contributed by atoms with Gasteiger partial charge in [-0.25, -0.2) is 9.37 Å². The average Bonchev–Trinajstić information content (AvgIpc) is 3.22. The fourth-order valence-electron chi connectivity index (χ4n) is 6.13. The fraction of sp³-hybridized carbons (Fsp3) is 0.452. The van der Waals surface area contributed by atoms with Crippen molar-refractivity contribution in [2.24, 2.45) is 0 Å². The van der Waals surface area contributed by atoms with Gasteiger partial charge in [0.15, 0.2) is 0 Å². The van der Waals surface area contributed by atoms with Crippen molar-refractivity contribution >= 4 is 17.6 Å². The molecule has 3 aliphatic rings. The van der Waals surface area contributed by atoms with E-state index in [4.69, 9.17) is 14.5 Å². The van der Waals surface area contributed by atoms with Gasteiger partial charge in [0.1, 0.15) is 41.9 Å². The SMILES string of the molecule is C=CCOc1cccc(F)c1-c1nc(N2CCCC2(C)C)c2c(c1C)OC[C@H]1CN(C(=O)C=C)C(C)CN1C2=O. The summed E-state index contributed by atoms with van der Waals surface area (Å²) in [5.74, 6) is 0.382. The Morgan fingerprint density at radius 1 is 1.27 bits per heavy atom. The van der Waals surface area contributed by atoms with Crippen molar-refractivity contribution in [3.63, 3.8) is 0 Å². The predicted octanol–water partition coefficient (Wildman–Crippen LogP) is 4.76. The lowest BCUT2D eigenvalue weighted by molar-refractivity contribution is -0.131. The van der Waals surface area contributed by atoms with E-state index in [9.17, 15) is 9.59 Å². The second-order valence-corrected chi connectivity index (χ2v) is 11.4. The molecule has 9 heteroatoms. The fourth-order valence-corrected chi connectivity index (χ4v) is 6.13. The summed E-state index contributed by atoms with van der Waals surface area (Å²) < 4.78 is 27.8. The summed E-state index contributed by atoms with van der Waals surface area (Å²) in [6.07, 6.45) is 4.77. The second-order valence-electron chi connectivity index (χ2n) is 11.4. The molecule has 40 heavy (non-hydrogen) atoms. The van der Waals surface area contributed by atoms with Gasteiger partial charge >= 0.3 is 0 Å². The minimum absolute atomic E-state index is 0.174. The van der Waals surface area contributed by atoms with Crippen LogP contribution in [0.5, 0.6) is 11.5 Å². The minimum Gasteiger partial charge on any atom is -0.490 e. The van der Waals surface area contributed by atoms with Crippen molar-refractivity contribution in [2.75, 3.05) is 37.7 Å². The van der Waals surface area contributed by atoms with Gasteiger partial charge in [0.25, 0.3) is 5.91 Å². The lowest BCUT2D eigenvalue weighted by Gasteiger charge is -2.44. The highest BCUT2D eigenvalue weighted by atomic mass is 19.1. The first kappa shape index (κ1) is 27.7. The average molecular weight is 549 g/mol. The number of hydrogen-bond acceptors (Lipinski definition) is 6. The Kier molecular flexibility index (Phi) is 7.33. The first-order chi connectivity index (χ1) is 19.1. The maximum atomic E-state index is 15.5. The molecule has 0 spiro atoms. The Labute approximate surface area is 235 Å². The van der Waals surface area contributed by atoms with Crippen molar-refractivity contribution in [3.8, 4) is 22.8 Å². The summed E-state index contributed by atoms with van der Waals surface area (Å²) in [7, 11) is 0. The van der Waals surface area contributed by atoms with Crippen molar-refractivity contribution in [1.82, 2.24) is 14.8 Å². The van der Waals surface area contributed by atoms with Crippen LogP contribution in [0.4, 0.5) is 10.2 Å². The number of aromatic nitrogens is 1. The summed E-state index contributed by atoms with van der Waals surface area (Å²) in [6.45, 7) is 17.1. The highest BCUT2D eigenvalue weighted by Crippen LogP contribution is 2.46. The molecule has 1 aromatic heterocycles. The zero-order valence-corrected chi connectivity index (χ0v) is 23.7. The zero-order chi connectivity index (χ0) is 28.8. The Balaban J connectivity index is 1.70. The number of anilines is 1. The van der Waals surface area contributed by atoms with Crippen LogP contribution in [0.25, 0.3) is 11.3 Å². The topological polar surface area (TPSA) is 75.2 Å². The van der Waals surface area contributed by atoms with Gasteiger partial charge in [0.2, 0.25) is 5.91 Å². The molecule has 2 aromatic rings. The molecule has 0 aliphatic carbocycles. The van der Waals surface area contributed by atoms with Crippen LogP contribution >= 0.6 is 0 Å². The zero-order valence-electron chi connectivity index (χ0n) is 23.7. The van der Waals surface area contributed by atoms with Crippen molar-refractivity contribution in [1.29, 1.82) is 0 Å². The molecule has 4 heterocycles. The second kappa shape index (κ2) is 10.6. The third-order valence-electron chi connectivity index (χ3n) is 8.28. The van der Waals surface area contributed by atoms with E-state index in [1.54, 1.807) is 34.9 Å². The maximum absolute atomic E-state index is 15.5. The molecular weight excluding hydrogens is 511 g/mol. The van der Waals surface area contributed by atoms with Crippen LogP contribution in [0.3, 0.4) is 0 Å². The predicted molar refractivity (Wildman–Crippen MR) is 152 cm³/mol. The van der Waals surface area contributed by atoms with Crippen molar-refractivity contribution in [3.05, 3.63) is 60.5 Å². The number of rotatable bonds is 6. The number of carbonyl (C=O) groups is 2. The molecule has 212 valence electrons. The van der Waals surface area contributed by atoms with Crippen molar-refractivity contribution in [2.45, 2.75) is 58.2 Å². The Hall–Kier alpha value is -3.88. The molecule has 2 fully saturated rings. The summed E-state index contributed by atoms with van der Waals surface area (Å²) in [5.41, 5.74) is 1.28. The Morgan fingerprint density at radius 3 is 2.73 bits per heavy atom. The van der Waals surface area contributed by atoms with Gasteiger partial charge in [-0.2, -0.15) is 0 Å². The number of amides is 2. The molecule has 2 amide bonds. The van der Waals surface area contributed by atoms with Gasteiger partial charge in [0, 0.05) is 36.8 Å². The van der Waals surface area contributed by atoms with Gasteiger partial charge < -0.3 is 24.2 Å². The van der Waals surface area contributed by atoms with Crippen LogP contribution in [0.15, 0.2) is 43.5 Å². The molecule has 2 saturated heterocycles. The van der Waals surface area contributed by atoms with E-state index >= 15 is 4.39 Å². The van der Waals surface area contributed by atoms with Gasteiger partial charge in [0.05, 0.1) is 17.3 Å². The molecule has 0 N–H and O–H groups in total. The van der Waals surface area contributed by atoms with E-state index in [1.165, 1.54) is 12.1 Å². The molecule has 1 aromatic carbocycles. The third kappa shape index (κ3) is 4.61. The van der Waals surface area contributed by atoms with E-state index in [-0.39, 0.29) is 48.2 Å². The van der Waals surface area contributed by atoms with Crippen LogP contribution in [-0.2, 0) is 4.79 Å². The standard InChI is InChI=1S/C31H37FN4O4/c1-7-15-39-23-12-9-11-22(32)25(23)27-20(4)28-26(29(33-27)36-14-10-13-31(36,5)6)30(38)35-16-19(3)34(24(37)8-2)17-21(35)18-40-28/h7-9,11-12,19,21H,1-2,10,13-18H2,3-6H3/t19?,21-/m1/s1. The molecule has 8 nitrogen and oxygen atoms in total. The van der Waals surface area contributed by atoms with E-state index in [0.29, 0.717) is 53.8 Å². The van der Waals surface area contributed by atoms with E-state index < -0.39 is 5.82 Å². The number of pyridine rings is 1. The summed E-state index contributed by atoms with van der Waals surface area (Å²) in [5, 5.41) is 0. The lowest BCUT2D eigenvalue weighted by atomic mass is 9.98. The van der Waals surface area contributed by atoms with Crippen LogP contribution in [0, 0.1) is 12.7 Å². The van der Waals surface area contributed by atoms with Crippen LogP contribution in [0.2, 0.25) is 0 Å². The number of carbonyl (C=O) groups excluding carboxylic acids is 2. The minimum atomic E-state index is -0.478. The lowest BCUT2D eigenvalue weighted by Crippen LogP contribution is -2.61. The van der Waals surface area contributed by atoms with E-state index in [1.807, 2.05) is 6.92 Å². The molecule has 3 aliphatic heterocycles. The van der Waals surface area contributed by atoms with Gasteiger partial charge in [-0.1, -0.05) is 25.3 Å². The van der Waals surface area contributed by atoms with E-state index in [0.717, 1.165) is 12.8 Å². The number of halogens is 1. The number of fused-ring (bicyclic) bond motifs is 2. The molecule has 1 unspecified atom stereocenters. The number of benzene rings is 1. The monoisotopic (exact) mass is 548 g/mol. The molecule has 5 rings (SSSR count). The number of piperazine rings is 1. The number of ether oxygens (including phenoxy) is 2. The molecule has 0 saturated carbocycles. The maximum Gasteiger partial charge on any atom is 0.261 e. The van der Waals surface area contributed by atoms with Gasteiger partial charge in [-0.15, -0.1) is 0 Å². The third-order valence-corrected chi connectivity index (χ3v) is 8.28. The summed E-state index contributed by atoms with van der Waals surface area (Å²) in [4.78, 5) is 37.6. The first-order valence-electron chi connectivity index (χ1n) is 13.8. The highest BCUT2D eigenvalue weighted by Gasteiger charge is 2.44. The Bertz CT molecular complexity index is 1370. The van der Waals surface area contributed by atoms with Gasteiger partial charge in [-0.3, -0.25) is 9.59 Å². The largest absolute Gasteiger partial charge is 0.490 e. The normalized spacial score (nSPS) is 21.7. The molecule has 0 radical (unpaired) electrons. The summed E-state index contributed by atoms with van der Waals surface area (Å²) in [6, 6.07) is 4.14. The smallest absolute Gasteiger partial charge is 0.261 e. The van der Waals surface area contributed by atoms with Crippen LogP contribution < -0.4 is 14.4 Å². The number of nitrogens with zero attached hydrogens (tertiary/aromatic N) is 4. The molecule has 2 atom stereocenters. The van der Waals surface area contributed by atoms with Gasteiger partial charge in [-0.05, 0) is 58.7 Å². The van der Waals surface area contributed by atoms with E-state index in [2.05, 4.69) is 31.9 Å². The highest BCUT2D eigenvalue weighted by molar-refractivity contribution is 6.04. The first-order valence-corrected chi connectivity index (χ1v) is 13.8. The van der Waals surface area contributed by atoms with Crippen LogP contribution in [0.1, 0.15) is 49.5 Å². The molecule has 0 bridgehead atoms. The molecular formula is C31H37FN4O4. The quantitative estimate of drug-likeness (QED) is 0.383. The van der Waals surface area contributed by atoms with Crippen molar-refractivity contribution < 1.29 is 23.5 Å².